The van der Waals surface area contributed by atoms with Crippen LogP contribution >= 0.6 is 0 Å². The van der Waals surface area contributed by atoms with Gasteiger partial charge in [0.25, 0.3) is 0 Å². The number of hydrogen-bond donors (Lipinski definition) is 1. The zero-order valence-electron chi connectivity index (χ0n) is 14.4. The molecule has 1 aliphatic heterocycles. The fourth-order valence-electron chi connectivity index (χ4n) is 3.10. The summed E-state index contributed by atoms with van der Waals surface area (Å²) in [6.07, 6.45) is -1.11. The van der Waals surface area contributed by atoms with Gasteiger partial charge in [-0.15, -0.1) is 0 Å². The third-order valence-electron chi connectivity index (χ3n) is 4.36. The van der Waals surface area contributed by atoms with E-state index >= 15 is 0 Å². The minimum Gasteiger partial charge on any atom is -0.439 e. The quantitative estimate of drug-likeness (QED) is 0.672. The lowest BCUT2D eigenvalue weighted by molar-refractivity contribution is 0.132. The summed E-state index contributed by atoms with van der Waals surface area (Å²) in [5, 5.41) is 2.81. The molecule has 0 radical (unpaired) electrons. The minimum atomic E-state index is -0.592. The largest absolute Gasteiger partial charge is 0.439 e. The lowest BCUT2D eigenvalue weighted by atomic mass is 9.95. The zero-order chi connectivity index (χ0) is 18.6. The van der Waals surface area contributed by atoms with E-state index in [0.717, 1.165) is 16.7 Å². The Bertz CT molecular complexity index is 1040. The molecular formula is C23H16FNO2. The predicted molar refractivity (Wildman–Crippen MR) is 100 cm³/mol. The van der Waals surface area contributed by atoms with Gasteiger partial charge in [-0.3, -0.25) is 0 Å². The van der Waals surface area contributed by atoms with Gasteiger partial charge in [-0.05, 0) is 47.5 Å². The average Bonchev–Trinajstić information content (AvgIpc) is 3.09. The molecule has 27 heavy (non-hydrogen) atoms. The van der Waals surface area contributed by atoms with Crippen molar-refractivity contribution in [2.75, 3.05) is 0 Å². The second-order valence-electron chi connectivity index (χ2n) is 6.24. The first-order valence-corrected chi connectivity index (χ1v) is 8.59. The Morgan fingerprint density at radius 3 is 2.33 bits per heavy atom. The third-order valence-corrected chi connectivity index (χ3v) is 4.36. The van der Waals surface area contributed by atoms with E-state index in [1.54, 1.807) is 12.1 Å². The number of cyclic esters (lactones) is 1. The number of carbonyl (C=O) groups excluding carboxylic acids is 1. The van der Waals surface area contributed by atoms with Gasteiger partial charge < -0.3 is 10.1 Å². The highest BCUT2D eigenvalue weighted by Crippen LogP contribution is 2.36. The molecule has 0 bridgehead atoms. The molecule has 1 N–H and O–H groups in total. The molecule has 4 rings (SSSR count). The second-order valence-corrected chi connectivity index (χ2v) is 6.24. The first-order valence-electron chi connectivity index (χ1n) is 8.59. The summed E-state index contributed by atoms with van der Waals surface area (Å²) in [5.74, 6) is 5.89. The van der Waals surface area contributed by atoms with E-state index in [1.807, 2.05) is 54.6 Å². The van der Waals surface area contributed by atoms with Gasteiger partial charge in [0.15, 0.2) is 6.10 Å². The normalized spacial score (nSPS) is 18.2. The Balaban J connectivity index is 1.64. The molecule has 132 valence electrons. The summed E-state index contributed by atoms with van der Waals surface area (Å²) >= 11 is 0. The van der Waals surface area contributed by atoms with Crippen LogP contribution in [0.2, 0.25) is 0 Å². The topological polar surface area (TPSA) is 38.3 Å². The molecule has 0 aromatic heterocycles. The zero-order valence-corrected chi connectivity index (χ0v) is 14.4. The number of alkyl carbamates (subject to hydrolysis) is 1. The average molecular weight is 357 g/mol. The SMILES string of the molecule is O=C1N[C@H](c2cccc(C#Cc3ccccc3)c2)C(c2cccc(F)c2)O1. The maximum Gasteiger partial charge on any atom is 0.408 e. The molecule has 2 atom stereocenters. The number of hydrogen-bond acceptors (Lipinski definition) is 2. The summed E-state index contributed by atoms with van der Waals surface area (Å²) in [4.78, 5) is 11.8. The minimum absolute atomic E-state index is 0.364. The van der Waals surface area contributed by atoms with Gasteiger partial charge in [-0.2, -0.15) is 0 Å². The number of rotatable bonds is 2. The molecule has 1 fully saturated rings. The Labute approximate surface area is 156 Å². The lowest BCUT2D eigenvalue weighted by Crippen LogP contribution is -2.19. The Hall–Kier alpha value is -3.58. The van der Waals surface area contributed by atoms with Crippen molar-refractivity contribution < 1.29 is 13.9 Å². The van der Waals surface area contributed by atoms with Gasteiger partial charge in [0.1, 0.15) is 5.82 Å². The van der Waals surface area contributed by atoms with Gasteiger partial charge in [0.2, 0.25) is 0 Å². The lowest BCUT2D eigenvalue weighted by Gasteiger charge is -2.18. The Morgan fingerprint density at radius 2 is 1.52 bits per heavy atom. The fraction of sp³-hybridized carbons (Fsp3) is 0.0870. The molecule has 3 nitrogen and oxygen atoms in total. The predicted octanol–water partition coefficient (Wildman–Crippen LogP) is 4.75. The van der Waals surface area contributed by atoms with Crippen molar-refractivity contribution in [1.82, 2.24) is 5.32 Å². The standard InChI is InChI=1S/C23H16FNO2/c24-20-11-5-10-19(15-20)22-21(25-23(26)27-22)18-9-4-8-17(14-18)13-12-16-6-2-1-3-7-16/h1-11,14-15,21-22H,(H,25,26)/t21-,22?/m1/s1. The van der Waals surface area contributed by atoms with E-state index in [4.69, 9.17) is 4.74 Å². The van der Waals surface area contributed by atoms with Crippen molar-refractivity contribution in [1.29, 1.82) is 0 Å². The van der Waals surface area contributed by atoms with E-state index in [0.29, 0.717) is 5.56 Å². The maximum atomic E-state index is 13.6. The van der Waals surface area contributed by atoms with E-state index in [9.17, 15) is 9.18 Å². The molecule has 3 aromatic carbocycles. The van der Waals surface area contributed by atoms with Crippen molar-refractivity contribution in [3.8, 4) is 11.8 Å². The van der Waals surface area contributed by atoms with Crippen LogP contribution in [-0.2, 0) is 4.74 Å². The van der Waals surface area contributed by atoms with Gasteiger partial charge in [-0.1, -0.05) is 54.3 Å². The van der Waals surface area contributed by atoms with Crippen molar-refractivity contribution >= 4 is 6.09 Å². The number of ether oxygens (including phenoxy) is 1. The molecule has 3 aromatic rings. The van der Waals surface area contributed by atoms with Crippen LogP contribution in [0, 0.1) is 17.7 Å². The molecule has 1 aliphatic rings. The highest BCUT2D eigenvalue weighted by Gasteiger charge is 2.36. The second kappa shape index (κ2) is 7.35. The first kappa shape index (κ1) is 16.9. The van der Waals surface area contributed by atoms with Gasteiger partial charge in [0.05, 0.1) is 6.04 Å². The molecule has 0 aliphatic carbocycles. The van der Waals surface area contributed by atoms with Crippen LogP contribution in [0.1, 0.15) is 34.4 Å². The van der Waals surface area contributed by atoms with Crippen molar-refractivity contribution in [3.63, 3.8) is 0 Å². The van der Waals surface area contributed by atoms with E-state index < -0.39 is 18.2 Å². The monoisotopic (exact) mass is 357 g/mol. The van der Waals surface area contributed by atoms with Crippen LogP contribution in [0.3, 0.4) is 0 Å². The van der Waals surface area contributed by atoms with Crippen LogP contribution in [0.25, 0.3) is 0 Å². The molecule has 0 saturated carbocycles. The summed E-state index contributed by atoms with van der Waals surface area (Å²) in [6, 6.07) is 23.0. The van der Waals surface area contributed by atoms with Gasteiger partial charge in [-0.25, -0.2) is 9.18 Å². The van der Waals surface area contributed by atoms with Crippen molar-refractivity contribution in [2.45, 2.75) is 12.1 Å². The highest BCUT2D eigenvalue weighted by molar-refractivity contribution is 5.71. The summed E-state index contributed by atoms with van der Waals surface area (Å²) in [7, 11) is 0. The Morgan fingerprint density at radius 1 is 0.815 bits per heavy atom. The molecule has 0 spiro atoms. The maximum absolute atomic E-state index is 13.6. The van der Waals surface area contributed by atoms with Crippen LogP contribution in [0.4, 0.5) is 9.18 Å². The Kier molecular flexibility index (Phi) is 4.59. The number of carbonyl (C=O) groups is 1. The molecule has 1 amide bonds. The van der Waals surface area contributed by atoms with Gasteiger partial charge >= 0.3 is 6.09 Å². The van der Waals surface area contributed by atoms with Gasteiger partial charge in [0, 0.05) is 11.1 Å². The molecular weight excluding hydrogens is 341 g/mol. The van der Waals surface area contributed by atoms with Crippen LogP contribution in [0.5, 0.6) is 0 Å². The summed E-state index contributed by atoms with van der Waals surface area (Å²) in [5.41, 5.74) is 3.22. The number of halogens is 1. The molecule has 1 saturated heterocycles. The van der Waals surface area contributed by atoms with E-state index in [2.05, 4.69) is 17.2 Å². The van der Waals surface area contributed by atoms with Crippen LogP contribution in [-0.4, -0.2) is 6.09 Å². The number of amides is 1. The highest BCUT2D eigenvalue weighted by atomic mass is 19.1. The summed E-state index contributed by atoms with van der Waals surface area (Å²) < 4.78 is 19.0. The number of benzene rings is 3. The molecule has 4 heteroatoms. The fourth-order valence-corrected chi connectivity index (χ4v) is 3.10. The first-order chi connectivity index (χ1) is 13.2. The van der Waals surface area contributed by atoms with Crippen molar-refractivity contribution in [2.24, 2.45) is 0 Å². The van der Waals surface area contributed by atoms with Crippen molar-refractivity contribution in [3.05, 3.63) is 107 Å². The van der Waals surface area contributed by atoms with Crippen LogP contribution in [0.15, 0.2) is 78.9 Å². The third kappa shape index (κ3) is 3.83. The number of nitrogens with one attached hydrogen (secondary N) is 1. The van der Waals surface area contributed by atoms with Crippen LogP contribution < -0.4 is 5.32 Å². The molecule has 1 unspecified atom stereocenters. The molecule has 1 heterocycles. The van der Waals surface area contributed by atoms with E-state index in [-0.39, 0.29) is 5.82 Å². The summed E-state index contributed by atoms with van der Waals surface area (Å²) in [6.45, 7) is 0. The van der Waals surface area contributed by atoms with E-state index in [1.165, 1.54) is 12.1 Å². The smallest absolute Gasteiger partial charge is 0.408 e.